The number of rotatable bonds is 4. The number of nitrogens with zero attached hydrogens (tertiary/aromatic N) is 2. The van der Waals surface area contributed by atoms with Crippen LogP contribution in [0, 0.1) is 22.7 Å². The largest absolute Gasteiger partial charge is 0.382 e. The summed E-state index contributed by atoms with van der Waals surface area (Å²) < 4.78 is 0.821. The molecule has 0 aromatic heterocycles. The lowest BCUT2D eigenvalue weighted by atomic mass is 10.0. The first-order chi connectivity index (χ1) is 9.74. The van der Waals surface area contributed by atoms with Crippen LogP contribution < -0.4 is 5.32 Å². The topological polar surface area (TPSA) is 59.6 Å². The van der Waals surface area contributed by atoms with Crippen LogP contribution in [0.15, 0.2) is 53.0 Å². The number of hydrogen-bond acceptors (Lipinski definition) is 3. The second kappa shape index (κ2) is 6.75. The van der Waals surface area contributed by atoms with Crippen molar-refractivity contribution in [1.29, 1.82) is 10.5 Å². The first-order valence-electron chi connectivity index (χ1n) is 6.12. The minimum Gasteiger partial charge on any atom is -0.382 e. The number of nitrogens with one attached hydrogen (secondary N) is 1. The van der Waals surface area contributed by atoms with Gasteiger partial charge in [0.05, 0.1) is 23.6 Å². The second-order valence-corrected chi connectivity index (χ2v) is 5.13. The molecule has 1 unspecified atom stereocenters. The van der Waals surface area contributed by atoms with E-state index in [1.807, 2.05) is 36.4 Å². The second-order valence-electron chi connectivity index (χ2n) is 4.28. The highest BCUT2D eigenvalue weighted by molar-refractivity contribution is 9.10. The van der Waals surface area contributed by atoms with E-state index in [-0.39, 0.29) is 5.92 Å². The van der Waals surface area contributed by atoms with Gasteiger partial charge in [0.15, 0.2) is 0 Å². The highest BCUT2D eigenvalue weighted by atomic mass is 79.9. The molecule has 0 aliphatic rings. The maximum atomic E-state index is 9.26. The lowest BCUT2D eigenvalue weighted by Crippen LogP contribution is -2.11. The molecule has 0 heterocycles. The average molecular weight is 326 g/mol. The third-order valence-corrected chi connectivity index (χ3v) is 3.61. The number of anilines is 1. The monoisotopic (exact) mass is 325 g/mol. The van der Waals surface area contributed by atoms with Gasteiger partial charge in [0, 0.05) is 16.7 Å². The number of nitriles is 2. The van der Waals surface area contributed by atoms with Gasteiger partial charge >= 0.3 is 0 Å². The van der Waals surface area contributed by atoms with E-state index in [0.29, 0.717) is 12.1 Å². The van der Waals surface area contributed by atoms with E-state index < -0.39 is 0 Å². The van der Waals surface area contributed by atoms with E-state index in [9.17, 15) is 5.26 Å². The zero-order valence-corrected chi connectivity index (χ0v) is 12.3. The molecule has 2 aromatic rings. The molecule has 0 radical (unpaired) electrons. The molecule has 1 N–H and O–H groups in total. The number of benzene rings is 2. The molecule has 3 nitrogen and oxygen atoms in total. The molecule has 98 valence electrons. The Kier molecular flexibility index (Phi) is 4.76. The fourth-order valence-corrected chi connectivity index (χ4v) is 2.38. The van der Waals surface area contributed by atoms with Crippen molar-refractivity contribution >= 4 is 21.6 Å². The smallest absolute Gasteiger partial charge is 0.0992 e. The van der Waals surface area contributed by atoms with Crippen molar-refractivity contribution in [3.8, 4) is 12.1 Å². The van der Waals surface area contributed by atoms with Crippen molar-refractivity contribution in [2.75, 3.05) is 11.9 Å². The Balaban J connectivity index is 2.08. The maximum absolute atomic E-state index is 9.26. The molecule has 0 fully saturated rings. The third-order valence-electron chi connectivity index (χ3n) is 2.95. The fraction of sp³-hybridized carbons (Fsp3) is 0.125. The predicted octanol–water partition coefficient (Wildman–Crippen LogP) is 4.04. The van der Waals surface area contributed by atoms with Crippen molar-refractivity contribution in [3.63, 3.8) is 0 Å². The van der Waals surface area contributed by atoms with E-state index in [0.717, 1.165) is 15.7 Å². The van der Waals surface area contributed by atoms with Crippen molar-refractivity contribution < 1.29 is 0 Å². The van der Waals surface area contributed by atoms with Crippen molar-refractivity contribution in [3.05, 3.63) is 64.1 Å². The molecular formula is C16H12BrN3. The van der Waals surface area contributed by atoms with Crippen LogP contribution in [0.4, 0.5) is 5.69 Å². The summed E-state index contributed by atoms with van der Waals surface area (Å²) in [6.07, 6.45) is 0. The van der Waals surface area contributed by atoms with Crippen LogP contribution in [0.5, 0.6) is 0 Å². The normalized spacial score (nSPS) is 11.2. The SMILES string of the molecule is N#Cc1ccc(NCC(C#N)c2ccccc2)c(Br)c1. The molecule has 0 saturated carbocycles. The molecule has 1 atom stereocenters. The van der Waals surface area contributed by atoms with Gasteiger partial charge in [-0.3, -0.25) is 0 Å². The first-order valence-corrected chi connectivity index (χ1v) is 6.92. The summed E-state index contributed by atoms with van der Waals surface area (Å²) in [4.78, 5) is 0. The molecule has 2 aromatic carbocycles. The Morgan fingerprint density at radius 1 is 1.10 bits per heavy atom. The van der Waals surface area contributed by atoms with Crippen LogP contribution in [0.3, 0.4) is 0 Å². The van der Waals surface area contributed by atoms with Gasteiger partial charge < -0.3 is 5.32 Å². The first kappa shape index (κ1) is 14.1. The van der Waals surface area contributed by atoms with Gasteiger partial charge in [0.1, 0.15) is 0 Å². The third kappa shape index (κ3) is 3.38. The minimum absolute atomic E-state index is 0.209. The molecule has 0 aliphatic heterocycles. The van der Waals surface area contributed by atoms with Crippen LogP contribution in [-0.2, 0) is 0 Å². The molecule has 4 heteroatoms. The fourth-order valence-electron chi connectivity index (χ4n) is 1.86. The van der Waals surface area contributed by atoms with E-state index >= 15 is 0 Å². The highest BCUT2D eigenvalue weighted by Gasteiger charge is 2.10. The summed E-state index contributed by atoms with van der Waals surface area (Å²) in [5, 5.41) is 21.3. The van der Waals surface area contributed by atoms with Gasteiger partial charge in [0.2, 0.25) is 0 Å². The molecule has 0 saturated heterocycles. The quantitative estimate of drug-likeness (QED) is 0.922. The summed E-state index contributed by atoms with van der Waals surface area (Å²) in [7, 11) is 0. The highest BCUT2D eigenvalue weighted by Crippen LogP contribution is 2.24. The van der Waals surface area contributed by atoms with Crippen molar-refractivity contribution in [2.24, 2.45) is 0 Å². The van der Waals surface area contributed by atoms with Crippen LogP contribution in [-0.4, -0.2) is 6.54 Å². The lowest BCUT2D eigenvalue weighted by Gasteiger charge is -2.13. The predicted molar refractivity (Wildman–Crippen MR) is 82.1 cm³/mol. The zero-order valence-electron chi connectivity index (χ0n) is 10.7. The van der Waals surface area contributed by atoms with E-state index in [2.05, 4.69) is 33.4 Å². The van der Waals surface area contributed by atoms with Gasteiger partial charge in [-0.2, -0.15) is 10.5 Å². The Labute approximate surface area is 126 Å². The van der Waals surface area contributed by atoms with Crippen molar-refractivity contribution in [1.82, 2.24) is 0 Å². The standard InChI is InChI=1S/C16H12BrN3/c17-15-8-12(9-18)6-7-16(15)20-11-14(10-19)13-4-2-1-3-5-13/h1-8,14,20H,11H2. The Morgan fingerprint density at radius 3 is 2.45 bits per heavy atom. The average Bonchev–Trinajstić information content (AvgIpc) is 2.50. The summed E-state index contributed by atoms with van der Waals surface area (Å²) >= 11 is 3.42. The summed E-state index contributed by atoms with van der Waals surface area (Å²) in [5.74, 6) is -0.209. The summed E-state index contributed by atoms with van der Waals surface area (Å²) in [6, 6.07) is 19.4. The van der Waals surface area contributed by atoms with Gasteiger partial charge in [-0.05, 0) is 39.7 Å². The van der Waals surface area contributed by atoms with Gasteiger partial charge in [-0.25, -0.2) is 0 Å². The Morgan fingerprint density at radius 2 is 1.85 bits per heavy atom. The van der Waals surface area contributed by atoms with Crippen LogP contribution >= 0.6 is 15.9 Å². The molecule has 0 aliphatic carbocycles. The van der Waals surface area contributed by atoms with Gasteiger partial charge in [0.25, 0.3) is 0 Å². The number of hydrogen-bond donors (Lipinski definition) is 1. The Bertz CT molecular complexity index is 668. The van der Waals surface area contributed by atoms with Gasteiger partial charge in [-0.1, -0.05) is 30.3 Å². The van der Waals surface area contributed by atoms with E-state index in [1.165, 1.54) is 0 Å². The lowest BCUT2D eigenvalue weighted by molar-refractivity contribution is 0.900. The van der Waals surface area contributed by atoms with E-state index in [1.54, 1.807) is 12.1 Å². The maximum Gasteiger partial charge on any atom is 0.0992 e. The zero-order chi connectivity index (χ0) is 14.4. The van der Waals surface area contributed by atoms with Crippen LogP contribution in [0.1, 0.15) is 17.0 Å². The minimum atomic E-state index is -0.209. The molecule has 0 amide bonds. The van der Waals surface area contributed by atoms with E-state index in [4.69, 9.17) is 5.26 Å². The van der Waals surface area contributed by atoms with Gasteiger partial charge in [-0.15, -0.1) is 0 Å². The van der Waals surface area contributed by atoms with Crippen LogP contribution in [0.2, 0.25) is 0 Å². The molecule has 0 spiro atoms. The molecular weight excluding hydrogens is 314 g/mol. The molecule has 2 rings (SSSR count). The molecule has 20 heavy (non-hydrogen) atoms. The van der Waals surface area contributed by atoms with Crippen LogP contribution in [0.25, 0.3) is 0 Å². The van der Waals surface area contributed by atoms with Crippen molar-refractivity contribution in [2.45, 2.75) is 5.92 Å². The summed E-state index contributed by atoms with van der Waals surface area (Å²) in [5.41, 5.74) is 2.47. The number of halogens is 1. The Hall–Kier alpha value is -2.30. The summed E-state index contributed by atoms with van der Waals surface area (Å²) in [6.45, 7) is 0.519. The molecule has 0 bridgehead atoms.